The zero-order chi connectivity index (χ0) is 15.0. The van der Waals surface area contributed by atoms with Crippen molar-refractivity contribution in [2.75, 3.05) is 37.3 Å². The van der Waals surface area contributed by atoms with E-state index in [1.54, 1.807) is 0 Å². The van der Waals surface area contributed by atoms with Crippen molar-refractivity contribution in [1.29, 1.82) is 0 Å². The van der Waals surface area contributed by atoms with Crippen LogP contribution in [0.1, 0.15) is 39.3 Å². The van der Waals surface area contributed by atoms with Gasteiger partial charge in [0.2, 0.25) is 5.95 Å². The molecule has 20 heavy (non-hydrogen) atoms. The Balaban J connectivity index is 2.41. The monoisotopic (exact) mass is 279 g/mol. The van der Waals surface area contributed by atoms with Gasteiger partial charge >= 0.3 is 0 Å². The van der Waals surface area contributed by atoms with Gasteiger partial charge in [-0.15, -0.1) is 0 Å². The fourth-order valence-electron chi connectivity index (χ4n) is 1.78. The van der Waals surface area contributed by atoms with E-state index in [0.29, 0.717) is 12.0 Å². The highest BCUT2D eigenvalue weighted by atomic mass is 15.1. The van der Waals surface area contributed by atoms with E-state index in [2.05, 4.69) is 53.3 Å². The Kier molecular flexibility index (Phi) is 7.30. The summed E-state index contributed by atoms with van der Waals surface area (Å²) >= 11 is 0. The minimum atomic E-state index is 0.598. The molecular weight excluding hydrogens is 250 g/mol. The second-order valence-corrected chi connectivity index (χ2v) is 5.50. The van der Waals surface area contributed by atoms with Crippen LogP contribution in [0, 0.1) is 6.92 Å². The van der Waals surface area contributed by atoms with E-state index in [1.165, 1.54) is 0 Å². The van der Waals surface area contributed by atoms with E-state index < -0.39 is 0 Å². The number of rotatable bonds is 9. The summed E-state index contributed by atoms with van der Waals surface area (Å²) in [4.78, 5) is 11.2. The first-order valence-electron chi connectivity index (χ1n) is 7.56. The van der Waals surface area contributed by atoms with E-state index in [4.69, 9.17) is 0 Å². The SMILES string of the molecule is CCCNc1nc(C)cc(NCCCN(C)C(C)C)n1. The van der Waals surface area contributed by atoms with Crippen LogP contribution in [0.2, 0.25) is 0 Å². The van der Waals surface area contributed by atoms with Gasteiger partial charge < -0.3 is 15.5 Å². The normalized spacial score (nSPS) is 11.2. The second kappa shape index (κ2) is 8.74. The van der Waals surface area contributed by atoms with Gasteiger partial charge in [0.05, 0.1) is 0 Å². The minimum absolute atomic E-state index is 0.598. The molecule has 1 aromatic rings. The highest BCUT2D eigenvalue weighted by Gasteiger charge is 2.03. The van der Waals surface area contributed by atoms with Crippen molar-refractivity contribution in [2.45, 2.75) is 46.6 Å². The van der Waals surface area contributed by atoms with Crippen molar-refractivity contribution in [2.24, 2.45) is 0 Å². The van der Waals surface area contributed by atoms with E-state index in [0.717, 1.165) is 44.0 Å². The Morgan fingerprint density at radius 3 is 2.60 bits per heavy atom. The summed E-state index contributed by atoms with van der Waals surface area (Å²) in [5.74, 6) is 1.62. The van der Waals surface area contributed by atoms with Crippen LogP contribution in [0.25, 0.3) is 0 Å². The zero-order valence-electron chi connectivity index (χ0n) is 13.5. The molecule has 0 atom stereocenters. The molecule has 5 nitrogen and oxygen atoms in total. The third-order valence-corrected chi connectivity index (χ3v) is 3.26. The Labute approximate surface area is 123 Å². The molecule has 1 heterocycles. The number of aromatic nitrogens is 2. The van der Waals surface area contributed by atoms with E-state index in [-0.39, 0.29) is 0 Å². The highest BCUT2D eigenvalue weighted by Crippen LogP contribution is 2.09. The fraction of sp³-hybridized carbons (Fsp3) is 0.733. The number of nitrogens with one attached hydrogen (secondary N) is 2. The van der Waals surface area contributed by atoms with Gasteiger partial charge in [-0.1, -0.05) is 6.92 Å². The summed E-state index contributed by atoms with van der Waals surface area (Å²) < 4.78 is 0. The highest BCUT2D eigenvalue weighted by molar-refractivity contribution is 5.42. The lowest BCUT2D eigenvalue weighted by molar-refractivity contribution is 0.273. The molecule has 114 valence electrons. The molecule has 2 N–H and O–H groups in total. The molecule has 0 aliphatic carbocycles. The molecule has 0 spiro atoms. The molecule has 0 aliphatic rings. The fourth-order valence-corrected chi connectivity index (χ4v) is 1.78. The first-order chi connectivity index (χ1) is 9.52. The van der Waals surface area contributed by atoms with Gasteiger partial charge in [0.1, 0.15) is 5.82 Å². The largest absolute Gasteiger partial charge is 0.370 e. The number of aryl methyl sites for hydroxylation is 1. The first kappa shape index (κ1) is 16.7. The van der Waals surface area contributed by atoms with E-state index in [1.807, 2.05) is 13.0 Å². The average molecular weight is 279 g/mol. The lowest BCUT2D eigenvalue weighted by atomic mass is 10.3. The summed E-state index contributed by atoms with van der Waals surface area (Å²) in [7, 11) is 2.16. The van der Waals surface area contributed by atoms with Crippen molar-refractivity contribution in [3.63, 3.8) is 0 Å². The molecule has 0 bridgehead atoms. The van der Waals surface area contributed by atoms with Crippen LogP contribution in [0.15, 0.2) is 6.07 Å². The molecule has 0 fully saturated rings. The lowest BCUT2D eigenvalue weighted by Gasteiger charge is -2.20. The molecule has 1 aromatic heterocycles. The van der Waals surface area contributed by atoms with Gasteiger partial charge in [-0.3, -0.25) is 0 Å². The first-order valence-corrected chi connectivity index (χ1v) is 7.56. The maximum absolute atomic E-state index is 4.48. The Morgan fingerprint density at radius 2 is 1.95 bits per heavy atom. The van der Waals surface area contributed by atoms with Gasteiger partial charge in [-0.05, 0) is 47.2 Å². The molecule has 1 rings (SSSR count). The molecule has 0 aliphatic heterocycles. The molecule has 0 unspecified atom stereocenters. The molecule has 0 aromatic carbocycles. The Hall–Kier alpha value is -1.36. The molecule has 5 heteroatoms. The molecule has 0 amide bonds. The van der Waals surface area contributed by atoms with Crippen LogP contribution in [-0.4, -0.2) is 47.6 Å². The standard InChI is InChI=1S/C15H29N5/c1-6-8-17-15-18-13(4)11-14(19-15)16-9-7-10-20(5)12(2)3/h11-12H,6-10H2,1-5H3,(H2,16,17,18,19). The van der Waals surface area contributed by atoms with E-state index in [9.17, 15) is 0 Å². The van der Waals surface area contributed by atoms with E-state index >= 15 is 0 Å². The minimum Gasteiger partial charge on any atom is -0.370 e. The van der Waals surface area contributed by atoms with Crippen LogP contribution >= 0.6 is 0 Å². The number of hydrogen-bond donors (Lipinski definition) is 2. The van der Waals surface area contributed by atoms with Crippen molar-refractivity contribution in [1.82, 2.24) is 14.9 Å². The van der Waals surface area contributed by atoms with Crippen molar-refractivity contribution < 1.29 is 0 Å². The summed E-state index contributed by atoms with van der Waals surface area (Å²) in [5.41, 5.74) is 0.986. The number of nitrogens with zero attached hydrogens (tertiary/aromatic N) is 3. The Morgan fingerprint density at radius 1 is 1.20 bits per heavy atom. The summed E-state index contributed by atoms with van der Waals surface area (Å²) in [6.45, 7) is 11.5. The Bertz CT molecular complexity index is 392. The summed E-state index contributed by atoms with van der Waals surface area (Å²) in [5, 5.41) is 6.61. The summed E-state index contributed by atoms with van der Waals surface area (Å²) in [6.07, 6.45) is 2.18. The lowest BCUT2D eigenvalue weighted by Crippen LogP contribution is -2.28. The van der Waals surface area contributed by atoms with Gasteiger partial charge in [0.25, 0.3) is 0 Å². The predicted molar refractivity (Wildman–Crippen MR) is 86.4 cm³/mol. The number of hydrogen-bond acceptors (Lipinski definition) is 5. The number of anilines is 2. The van der Waals surface area contributed by atoms with Crippen molar-refractivity contribution in [3.8, 4) is 0 Å². The van der Waals surface area contributed by atoms with Gasteiger partial charge in [0.15, 0.2) is 0 Å². The topological polar surface area (TPSA) is 53.1 Å². The van der Waals surface area contributed by atoms with Gasteiger partial charge in [-0.2, -0.15) is 4.98 Å². The molecule has 0 saturated carbocycles. The third kappa shape index (κ3) is 6.19. The maximum Gasteiger partial charge on any atom is 0.224 e. The van der Waals surface area contributed by atoms with Gasteiger partial charge in [0, 0.05) is 30.9 Å². The predicted octanol–water partition coefficient (Wildman–Crippen LogP) is 2.75. The molecule has 0 radical (unpaired) electrons. The average Bonchev–Trinajstić information content (AvgIpc) is 2.40. The van der Waals surface area contributed by atoms with Crippen LogP contribution < -0.4 is 10.6 Å². The van der Waals surface area contributed by atoms with Crippen LogP contribution in [0.3, 0.4) is 0 Å². The molecular formula is C15H29N5. The van der Waals surface area contributed by atoms with Crippen LogP contribution in [0.4, 0.5) is 11.8 Å². The van der Waals surface area contributed by atoms with Crippen LogP contribution in [0.5, 0.6) is 0 Å². The smallest absolute Gasteiger partial charge is 0.224 e. The van der Waals surface area contributed by atoms with Crippen molar-refractivity contribution in [3.05, 3.63) is 11.8 Å². The quantitative estimate of drug-likeness (QED) is 0.681. The second-order valence-electron chi connectivity index (χ2n) is 5.50. The summed E-state index contributed by atoms with van der Waals surface area (Å²) in [6, 6.07) is 2.59. The molecule has 0 saturated heterocycles. The van der Waals surface area contributed by atoms with Crippen LogP contribution in [-0.2, 0) is 0 Å². The van der Waals surface area contributed by atoms with Crippen molar-refractivity contribution >= 4 is 11.8 Å². The zero-order valence-corrected chi connectivity index (χ0v) is 13.5. The van der Waals surface area contributed by atoms with Gasteiger partial charge in [-0.25, -0.2) is 4.98 Å². The third-order valence-electron chi connectivity index (χ3n) is 3.26. The maximum atomic E-state index is 4.48.